The summed E-state index contributed by atoms with van der Waals surface area (Å²) in [4.78, 5) is 14.1. The highest BCUT2D eigenvalue weighted by Crippen LogP contribution is 2.36. The summed E-state index contributed by atoms with van der Waals surface area (Å²) in [5, 5.41) is 17.1. The first kappa shape index (κ1) is 18.2. The van der Waals surface area contributed by atoms with Gasteiger partial charge in [0.25, 0.3) is 0 Å². The maximum absolute atomic E-state index is 12.4. The maximum atomic E-state index is 12.4. The van der Waals surface area contributed by atoms with Crippen LogP contribution in [-0.2, 0) is 4.74 Å². The predicted molar refractivity (Wildman–Crippen MR) is 97.4 cm³/mol. The second kappa shape index (κ2) is 7.35. The van der Waals surface area contributed by atoms with Crippen LogP contribution in [0.25, 0.3) is 11.4 Å². The molecule has 26 heavy (non-hydrogen) atoms. The quantitative estimate of drug-likeness (QED) is 0.839. The molecular weight excluding hydrogens is 330 g/mol. The number of nitrogens with zero attached hydrogens (tertiary/aromatic N) is 5. The Morgan fingerprint density at radius 2 is 1.73 bits per heavy atom. The van der Waals surface area contributed by atoms with Gasteiger partial charge in [0.15, 0.2) is 5.82 Å². The van der Waals surface area contributed by atoms with Gasteiger partial charge in [0.2, 0.25) is 5.82 Å². The molecule has 1 aliphatic rings. The third-order valence-corrected chi connectivity index (χ3v) is 4.52. The molecule has 7 heteroatoms. The number of amides is 1. The monoisotopic (exact) mass is 355 g/mol. The third kappa shape index (κ3) is 4.15. The van der Waals surface area contributed by atoms with E-state index in [1.54, 1.807) is 11.9 Å². The Hall–Kier alpha value is -2.57. The Kier molecular flexibility index (Phi) is 5.15. The molecule has 2 atom stereocenters. The third-order valence-electron chi connectivity index (χ3n) is 4.52. The summed E-state index contributed by atoms with van der Waals surface area (Å²) in [7, 11) is 1.77. The number of hydrogen-bond donors (Lipinski definition) is 0. The molecule has 0 bridgehead atoms. The molecule has 1 aromatic heterocycles. The molecule has 1 amide bonds. The lowest BCUT2D eigenvalue weighted by atomic mass is 10.0. The molecule has 7 nitrogen and oxygen atoms in total. The average molecular weight is 355 g/mol. The van der Waals surface area contributed by atoms with E-state index in [0.29, 0.717) is 11.6 Å². The number of benzene rings is 1. The molecule has 0 radical (unpaired) electrons. The predicted octanol–water partition coefficient (Wildman–Crippen LogP) is 3.44. The highest BCUT2D eigenvalue weighted by molar-refractivity contribution is 5.68. The summed E-state index contributed by atoms with van der Waals surface area (Å²) in [6.45, 7) is 5.60. The molecule has 0 saturated heterocycles. The topological polar surface area (TPSA) is 81.1 Å². The summed E-state index contributed by atoms with van der Waals surface area (Å²) >= 11 is 0. The van der Waals surface area contributed by atoms with Crippen LogP contribution >= 0.6 is 0 Å². The first-order valence-corrected chi connectivity index (χ1v) is 8.94. The lowest BCUT2D eigenvalue weighted by Crippen LogP contribution is -2.42. The van der Waals surface area contributed by atoms with Crippen molar-refractivity contribution >= 4 is 6.09 Å². The van der Waals surface area contributed by atoms with Gasteiger partial charge in [0.05, 0.1) is 0 Å². The van der Waals surface area contributed by atoms with E-state index in [1.807, 2.05) is 51.1 Å². The fourth-order valence-electron chi connectivity index (χ4n) is 3.26. The van der Waals surface area contributed by atoms with Crippen molar-refractivity contribution in [3.05, 3.63) is 36.2 Å². The second-order valence-corrected chi connectivity index (χ2v) is 7.64. The van der Waals surface area contributed by atoms with E-state index in [2.05, 4.69) is 20.4 Å². The second-order valence-electron chi connectivity index (χ2n) is 7.64. The zero-order valence-electron chi connectivity index (χ0n) is 15.7. The van der Waals surface area contributed by atoms with E-state index in [4.69, 9.17) is 4.74 Å². The number of ether oxygens (including phenoxy) is 1. The van der Waals surface area contributed by atoms with Gasteiger partial charge in [0.1, 0.15) is 5.60 Å². The molecule has 0 aliphatic heterocycles. The summed E-state index contributed by atoms with van der Waals surface area (Å²) in [6.07, 6.45) is 2.48. The molecular formula is C19H25N5O2. The molecule has 0 N–H and O–H groups in total. The van der Waals surface area contributed by atoms with Crippen LogP contribution in [0.15, 0.2) is 30.3 Å². The smallest absolute Gasteiger partial charge is 0.410 e. The molecule has 2 aromatic rings. The van der Waals surface area contributed by atoms with Crippen molar-refractivity contribution in [1.82, 2.24) is 25.3 Å². The van der Waals surface area contributed by atoms with Crippen molar-refractivity contribution in [2.24, 2.45) is 0 Å². The molecule has 1 fully saturated rings. The standard InChI is InChI=1S/C19H25N5O2/c1-19(2,3)26-18(25)24(4)15-12-8-11-14(15)17-22-20-16(21-23-17)13-9-6-5-7-10-13/h5-7,9-10,14-15H,8,11-12H2,1-4H3. The van der Waals surface area contributed by atoms with Crippen molar-refractivity contribution in [3.8, 4) is 11.4 Å². The SMILES string of the molecule is CN(C(=O)OC(C)(C)C)C1CCCC1c1nnc(-c2ccccc2)nn1. The summed E-state index contributed by atoms with van der Waals surface area (Å²) in [5.41, 5.74) is 0.365. The molecule has 1 aliphatic carbocycles. The van der Waals surface area contributed by atoms with Gasteiger partial charge in [-0.3, -0.25) is 0 Å². The Labute approximate surface area is 153 Å². The average Bonchev–Trinajstić information content (AvgIpc) is 3.10. The number of carbonyl (C=O) groups is 1. The normalized spacial score (nSPS) is 20.0. The highest BCUT2D eigenvalue weighted by atomic mass is 16.6. The van der Waals surface area contributed by atoms with Crippen LogP contribution in [0, 0.1) is 0 Å². The van der Waals surface area contributed by atoms with Crippen molar-refractivity contribution in [2.75, 3.05) is 7.05 Å². The van der Waals surface area contributed by atoms with E-state index < -0.39 is 5.60 Å². The minimum absolute atomic E-state index is 0.00368. The highest BCUT2D eigenvalue weighted by Gasteiger charge is 2.37. The zero-order chi connectivity index (χ0) is 18.7. The van der Waals surface area contributed by atoms with Gasteiger partial charge in [-0.2, -0.15) is 0 Å². The minimum Gasteiger partial charge on any atom is -0.444 e. The molecule has 2 unspecified atom stereocenters. The summed E-state index contributed by atoms with van der Waals surface area (Å²) < 4.78 is 5.49. The van der Waals surface area contributed by atoms with Gasteiger partial charge in [-0.1, -0.05) is 36.8 Å². The summed E-state index contributed by atoms with van der Waals surface area (Å²) in [6, 6.07) is 9.63. The molecule has 138 valence electrons. The number of hydrogen-bond acceptors (Lipinski definition) is 6. The van der Waals surface area contributed by atoms with Crippen LogP contribution in [0.5, 0.6) is 0 Å². The van der Waals surface area contributed by atoms with E-state index in [9.17, 15) is 4.79 Å². The van der Waals surface area contributed by atoms with E-state index in [0.717, 1.165) is 24.8 Å². The van der Waals surface area contributed by atoms with Gasteiger partial charge >= 0.3 is 6.09 Å². The number of rotatable bonds is 3. The lowest BCUT2D eigenvalue weighted by molar-refractivity contribution is 0.0210. The molecule has 3 rings (SSSR count). The van der Waals surface area contributed by atoms with Crippen molar-refractivity contribution in [3.63, 3.8) is 0 Å². The van der Waals surface area contributed by atoms with E-state index in [1.165, 1.54) is 0 Å². The van der Waals surface area contributed by atoms with Gasteiger partial charge in [-0.05, 0) is 33.6 Å². The molecule has 1 saturated carbocycles. The number of aromatic nitrogens is 4. The number of likely N-dealkylation sites (N-methyl/N-ethyl adjacent to an activating group) is 1. The Balaban J connectivity index is 1.74. The van der Waals surface area contributed by atoms with Gasteiger partial charge in [0, 0.05) is 24.6 Å². The Morgan fingerprint density at radius 3 is 2.35 bits per heavy atom. The van der Waals surface area contributed by atoms with Crippen LogP contribution in [0.4, 0.5) is 4.79 Å². The summed E-state index contributed by atoms with van der Waals surface area (Å²) in [5.74, 6) is 1.12. The first-order chi connectivity index (χ1) is 12.3. The molecule has 1 aromatic carbocycles. The minimum atomic E-state index is -0.517. The van der Waals surface area contributed by atoms with Gasteiger partial charge in [-0.25, -0.2) is 4.79 Å². The van der Waals surface area contributed by atoms with Crippen molar-refractivity contribution in [2.45, 2.75) is 57.6 Å². The van der Waals surface area contributed by atoms with Crippen LogP contribution in [0.2, 0.25) is 0 Å². The van der Waals surface area contributed by atoms with E-state index in [-0.39, 0.29) is 18.1 Å². The van der Waals surface area contributed by atoms with Crippen LogP contribution in [-0.4, -0.2) is 50.1 Å². The Bertz CT molecular complexity index is 743. The van der Waals surface area contributed by atoms with Crippen LogP contribution in [0.1, 0.15) is 51.8 Å². The van der Waals surface area contributed by atoms with Gasteiger partial charge in [-0.15, -0.1) is 20.4 Å². The van der Waals surface area contributed by atoms with Gasteiger partial charge < -0.3 is 9.64 Å². The van der Waals surface area contributed by atoms with Crippen molar-refractivity contribution < 1.29 is 9.53 Å². The molecule has 0 spiro atoms. The van der Waals surface area contributed by atoms with Crippen LogP contribution in [0.3, 0.4) is 0 Å². The number of carbonyl (C=O) groups excluding carboxylic acids is 1. The van der Waals surface area contributed by atoms with Crippen LogP contribution < -0.4 is 0 Å². The maximum Gasteiger partial charge on any atom is 0.410 e. The first-order valence-electron chi connectivity index (χ1n) is 8.94. The fourth-order valence-corrected chi connectivity index (χ4v) is 3.26. The fraction of sp³-hybridized carbons (Fsp3) is 0.526. The van der Waals surface area contributed by atoms with E-state index >= 15 is 0 Å². The zero-order valence-corrected chi connectivity index (χ0v) is 15.7. The Morgan fingerprint density at radius 1 is 1.08 bits per heavy atom. The van der Waals surface area contributed by atoms with Crippen molar-refractivity contribution in [1.29, 1.82) is 0 Å². The lowest BCUT2D eigenvalue weighted by Gasteiger charge is -2.31. The largest absolute Gasteiger partial charge is 0.444 e. The molecule has 1 heterocycles.